The number of hydrogen-bond acceptors (Lipinski definition) is 3. The Balaban J connectivity index is 1.65. The minimum Gasteiger partial charge on any atom is -0.326 e. The van der Waals surface area contributed by atoms with Gasteiger partial charge in [-0.1, -0.05) is 42.5 Å². The highest BCUT2D eigenvalue weighted by molar-refractivity contribution is 7.88. The number of anilines is 1. The van der Waals surface area contributed by atoms with Crippen LogP contribution in [0.1, 0.15) is 24.0 Å². The second kappa shape index (κ2) is 8.01. The Bertz CT molecular complexity index is 866. The van der Waals surface area contributed by atoms with E-state index in [1.165, 1.54) is 4.31 Å². The molecule has 1 amide bonds. The minimum absolute atomic E-state index is 0.0277. The molecule has 138 valence electrons. The molecule has 1 aliphatic heterocycles. The molecule has 1 atom stereocenters. The summed E-state index contributed by atoms with van der Waals surface area (Å²) >= 11 is 0. The first kappa shape index (κ1) is 18.6. The average molecular weight is 372 g/mol. The molecule has 1 fully saturated rings. The zero-order valence-corrected chi connectivity index (χ0v) is 15.7. The number of rotatable bonds is 5. The number of hydrogen-bond donors (Lipinski definition) is 1. The van der Waals surface area contributed by atoms with Gasteiger partial charge >= 0.3 is 0 Å². The Morgan fingerprint density at radius 3 is 2.65 bits per heavy atom. The summed E-state index contributed by atoms with van der Waals surface area (Å²) in [6.45, 7) is 2.68. The van der Waals surface area contributed by atoms with E-state index in [0.29, 0.717) is 19.4 Å². The van der Waals surface area contributed by atoms with E-state index in [2.05, 4.69) is 5.32 Å². The van der Waals surface area contributed by atoms with E-state index in [1.54, 1.807) is 0 Å². The summed E-state index contributed by atoms with van der Waals surface area (Å²) in [6, 6.07) is 16.8. The molecule has 5 nitrogen and oxygen atoms in total. The maximum Gasteiger partial charge on any atom is 0.228 e. The monoisotopic (exact) mass is 372 g/mol. The molecule has 1 N–H and O–H groups in total. The Kier molecular flexibility index (Phi) is 5.74. The average Bonchev–Trinajstić information content (AvgIpc) is 2.62. The number of benzene rings is 2. The standard InChI is InChI=1S/C20H24N2O3S/c1-16-7-5-11-19(13-16)21-20(23)18-10-6-12-22(14-18)26(24,25)15-17-8-3-2-4-9-17/h2-5,7-9,11,13,18H,6,10,12,14-15H2,1H3,(H,21,23)/t18-/m1/s1. The number of sulfonamides is 1. The molecule has 0 aliphatic carbocycles. The SMILES string of the molecule is Cc1cccc(NC(=O)[C@@H]2CCCN(S(=O)(=O)Cc3ccccc3)C2)c1. The van der Waals surface area contributed by atoms with E-state index in [9.17, 15) is 13.2 Å². The summed E-state index contributed by atoms with van der Waals surface area (Å²) < 4.78 is 26.9. The summed E-state index contributed by atoms with van der Waals surface area (Å²) in [6.07, 6.45) is 1.40. The first-order valence-electron chi connectivity index (χ1n) is 8.83. The van der Waals surface area contributed by atoms with Crippen molar-refractivity contribution in [1.29, 1.82) is 0 Å². The molecule has 0 unspecified atom stereocenters. The largest absolute Gasteiger partial charge is 0.326 e. The molecule has 6 heteroatoms. The second-order valence-electron chi connectivity index (χ2n) is 6.80. The molecular formula is C20H24N2O3S. The summed E-state index contributed by atoms with van der Waals surface area (Å²) in [5.74, 6) is -0.468. The summed E-state index contributed by atoms with van der Waals surface area (Å²) in [5, 5.41) is 2.91. The van der Waals surface area contributed by atoms with Gasteiger partial charge in [0.15, 0.2) is 0 Å². The van der Waals surface area contributed by atoms with Crippen molar-refractivity contribution in [1.82, 2.24) is 4.31 Å². The number of piperidine rings is 1. The van der Waals surface area contributed by atoms with Crippen molar-refractivity contribution >= 4 is 21.6 Å². The summed E-state index contributed by atoms with van der Waals surface area (Å²) in [4.78, 5) is 12.6. The molecule has 26 heavy (non-hydrogen) atoms. The van der Waals surface area contributed by atoms with Gasteiger partial charge in [0.1, 0.15) is 0 Å². The second-order valence-corrected chi connectivity index (χ2v) is 8.77. The highest BCUT2D eigenvalue weighted by Crippen LogP contribution is 2.23. The number of carbonyl (C=O) groups excluding carboxylic acids is 1. The Labute approximate surface area is 155 Å². The lowest BCUT2D eigenvalue weighted by molar-refractivity contribution is -0.120. The fourth-order valence-corrected chi connectivity index (χ4v) is 4.86. The van der Waals surface area contributed by atoms with Crippen molar-refractivity contribution < 1.29 is 13.2 Å². The van der Waals surface area contributed by atoms with Gasteiger partial charge in [-0.15, -0.1) is 0 Å². The fraction of sp³-hybridized carbons (Fsp3) is 0.350. The van der Waals surface area contributed by atoms with Crippen molar-refractivity contribution in [2.24, 2.45) is 5.92 Å². The molecule has 1 heterocycles. The van der Waals surface area contributed by atoms with Crippen LogP contribution in [0.5, 0.6) is 0 Å². The van der Waals surface area contributed by atoms with Crippen LogP contribution in [0.2, 0.25) is 0 Å². The molecular weight excluding hydrogens is 348 g/mol. The van der Waals surface area contributed by atoms with E-state index in [0.717, 1.165) is 16.8 Å². The molecule has 0 radical (unpaired) electrons. The fourth-order valence-electron chi connectivity index (χ4n) is 3.25. The number of nitrogens with zero attached hydrogens (tertiary/aromatic N) is 1. The first-order valence-corrected chi connectivity index (χ1v) is 10.4. The predicted octanol–water partition coefficient (Wildman–Crippen LogP) is 3.18. The van der Waals surface area contributed by atoms with E-state index in [4.69, 9.17) is 0 Å². The molecule has 2 aromatic rings. The third-order valence-corrected chi connectivity index (χ3v) is 6.44. The van der Waals surface area contributed by atoms with Crippen LogP contribution in [0.4, 0.5) is 5.69 Å². The minimum atomic E-state index is -3.43. The van der Waals surface area contributed by atoms with Gasteiger partial charge in [-0.25, -0.2) is 12.7 Å². The molecule has 0 spiro atoms. The van der Waals surface area contributed by atoms with Crippen LogP contribution in [-0.4, -0.2) is 31.7 Å². The van der Waals surface area contributed by atoms with Crippen molar-refractivity contribution in [3.05, 3.63) is 65.7 Å². The van der Waals surface area contributed by atoms with Crippen LogP contribution in [0.25, 0.3) is 0 Å². The lowest BCUT2D eigenvalue weighted by Gasteiger charge is -2.31. The quantitative estimate of drug-likeness (QED) is 0.877. The van der Waals surface area contributed by atoms with E-state index < -0.39 is 10.0 Å². The predicted molar refractivity (Wildman–Crippen MR) is 103 cm³/mol. The van der Waals surface area contributed by atoms with Gasteiger partial charge in [0, 0.05) is 18.8 Å². The molecule has 1 aliphatic rings. The number of aryl methyl sites for hydroxylation is 1. The molecule has 0 saturated carbocycles. The lowest BCUT2D eigenvalue weighted by atomic mass is 9.98. The third kappa shape index (κ3) is 4.71. The van der Waals surface area contributed by atoms with E-state index in [-0.39, 0.29) is 24.1 Å². The van der Waals surface area contributed by atoms with Gasteiger partial charge in [0.2, 0.25) is 15.9 Å². The topological polar surface area (TPSA) is 66.5 Å². The van der Waals surface area contributed by atoms with Crippen LogP contribution in [-0.2, 0) is 20.6 Å². The maximum atomic E-state index is 12.7. The highest BCUT2D eigenvalue weighted by Gasteiger charge is 2.32. The normalized spacial score (nSPS) is 18.4. The zero-order chi connectivity index (χ0) is 18.6. The van der Waals surface area contributed by atoms with Crippen molar-refractivity contribution in [2.45, 2.75) is 25.5 Å². The Morgan fingerprint density at radius 2 is 1.92 bits per heavy atom. The molecule has 1 saturated heterocycles. The van der Waals surface area contributed by atoms with Crippen molar-refractivity contribution in [3.63, 3.8) is 0 Å². The molecule has 0 bridgehead atoms. The summed E-state index contributed by atoms with van der Waals surface area (Å²) in [7, 11) is -3.43. The summed E-state index contributed by atoms with van der Waals surface area (Å²) in [5.41, 5.74) is 2.58. The van der Waals surface area contributed by atoms with Crippen LogP contribution >= 0.6 is 0 Å². The smallest absolute Gasteiger partial charge is 0.228 e. The number of carbonyl (C=O) groups is 1. The Morgan fingerprint density at radius 1 is 1.15 bits per heavy atom. The van der Waals surface area contributed by atoms with Crippen molar-refractivity contribution in [2.75, 3.05) is 18.4 Å². The number of nitrogens with one attached hydrogen (secondary N) is 1. The maximum absolute atomic E-state index is 12.7. The van der Waals surface area contributed by atoms with Gasteiger partial charge in [-0.3, -0.25) is 4.79 Å². The van der Waals surface area contributed by atoms with Gasteiger partial charge in [0.05, 0.1) is 11.7 Å². The van der Waals surface area contributed by atoms with E-state index >= 15 is 0 Å². The van der Waals surface area contributed by atoms with Crippen LogP contribution in [0.3, 0.4) is 0 Å². The highest BCUT2D eigenvalue weighted by atomic mass is 32.2. The van der Waals surface area contributed by atoms with Crippen LogP contribution < -0.4 is 5.32 Å². The first-order chi connectivity index (χ1) is 12.4. The van der Waals surface area contributed by atoms with Crippen molar-refractivity contribution in [3.8, 4) is 0 Å². The lowest BCUT2D eigenvalue weighted by Crippen LogP contribution is -2.44. The molecule has 3 rings (SSSR count). The van der Waals surface area contributed by atoms with Gasteiger partial charge in [-0.2, -0.15) is 0 Å². The van der Waals surface area contributed by atoms with Crippen LogP contribution in [0.15, 0.2) is 54.6 Å². The van der Waals surface area contributed by atoms with Gasteiger partial charge in [0.25, 0.3) is 0 Å². The number of amides is 1. The van der Waals surface area contributed by atoms with Crippen LogP contribution in [0, 0.1) is 12.8 Å². The third-order valence-electron chi connectivity index (χ3n) is 4.63. The zero-order valence-electron chi connectivity index (χ0n) is 14.9. The Hall–Kier alpha value is -2.18. The van der Waals surface area contributed by atoms with Gasteiger partial charge in [-0.05, 0) is 43.0 Å². The van der Waals surface area contributed by atoms with E-state index in [1.807, 2.05) is 61.5 Å². The molecule has 2 aromatic carbocycles. The van der Waals surface area contributed by atoms with Gasteiger partial charge < -0.3 is 5.32 Å². The molecule has 0 aromatic heterocycles.